The van der Waals surface area contributed by atoms with Gasteiger partial charge in [-0.15, -0.1) is 0 Å². The van der Waals surface area contributed by atoms with Gasteiger partial charge in [-0.25, -0.2) is 0 Å². The molecule has 1 saturated heterocycles. The van der Waals surface area contributed by atoms with E-state index in [-0.39, 0.29) is 0 Å². The first-order valence-electron chi connectivity index (χ1n) is 5.94. The Kier molecular flexibility index (Phi) is 3.81. The molecule has 2 heteroatoms. The fourth-order valence-electron chi connectivity index (χ4n) is 1.84. The minimum atomic E-state index is -1.12. The Morgan fingerprint density at radius 2 is 1.86 bits per heavy atom. The molecule has 1 heterocycles. The molecule has 1 unspecified atom stereocenters. The van der Waals surface area contributed by atoms with Crippen LogP contribution in [0.2, 0.25) is 24.2 Å². The van der Waals surface area contributed by atoms with Gasteiger partial charge < -0.3 is 4.74 Å². The lowest BCUT2D eigenvalue weighted by molar-refractivity contribution is 0.0272. The highest BCUT2D eigenvalue weighted by Crippen LogP contribution is 2.40. The molecule has 0 spiro atoms. The topological polar surface area (TPSA) is 9.23 Å². The Bertz CT molecular complexity index is 175. The maximum Gasteiger partial charge on any atom is 0.0553 e. The molecule has 0 aromatic rings. The summed E-state index contributed by atoms with van der Waals surface area (Å²) in [4.78, 5) is 0. The third-order valence-corrected chi connectivity index (χ3v) is 9.58. The minimum Gasteiger partial charge on any atom is -0.379 e. The van der Waals surface area contributed by atoms with Crippen LogP contribution in [-0.4, -0.2) is 20.8 Å². The molecule has 0 bridgehead atoms. The second-order valence-corrected chi connectivity index (χ2v) is 12.0. The average Bonchev–Trinajstić information content (AvgIpc) is 2.03. The van der Waals surface area contributed by atoms with E-state index in [2.05, 4.69) is 33.9 Å². The lowest BCUT2D eigenvalue weighted by atomic mass is 10.1. The number of rotatable bonds is 2. The summed E-state index contributed by atoms with van der Waals surface area (Å²) in [5.74, 6) is 0. The zero-order valence-electron chi connectivity index (χ0n) is 10.5. The van der Waals surface area contributed by atoms with Crippen LogP contribution in [-0.2, 0) is 4.74 Å². The maximum atomic E-state index is 5.84. The van der Waals surface area contributed by atoms with Crippen molar-refractivity contribution in [1.29, 1.82) is 0 Å². The van der Waals surface area contributed by atoms with Crippen LogP contribution >= 0.6 is 0 Å². The van der Waals surface area contributed by atoms with E-state index in [1.54, 1.807) is 0 Å². The zero-order chi connectivity index (χ0) is 10.8. The van der Waals surface area contributed by atoms with E-state index in [4.69, 9.17) is 4.74 Å². The Morgan fingerprint density at radius 3 is 2.29 bits per heavy atom. The van der Waals surface area contributed by atoms with Crippen molar-refractivity contribution >= 4 is 8.07 Å². The van der Waals surface area contributed by atoms with Gasteiger partial charge >= 0.3 is 0 Å². The second-order valence-electron chi connectivity index (χ2n) is 6.33. The van der Waals surface area contributed by atoms with Crippen molar-refractivity contribution in [3.63, 3.8) is 0 Å². The van der Waals surface area contributed by atoms with Crippen molar-refractivity contribution in [3.8, 4) is 0 Å². The van der Waals surface area contributed by atoms with Gasteiger partial charge in [0, 0.05) is 6.61 Å². The third-order valence-electron chi connectivity index (χ3n) is 4.04. The van der Waals surface area contributed by atoms with Gasteiger partial charge in [-0.05, 0) is 30.3 Å². The van der Waals surface area contributed by atoms with Crippen LogP contribution in [0.1, 0.15) is 40.0 Å². The quantitative estimate of drug-likeness (QED) is 0.630. The highest BCUT2D eigenvalue weighted by atomic mass is 28.3. The molecule has 0 amide bonds. The van der Waals surface area contributed by atoms with E-state index in [0.29, 0.717) is 11.1 Å². The lowest BCUT2D eigenvalue weighted by Gasteiger charge is -2.40. The molecular formula is C12H26OSi. The predicted octanol–water partition coefficient (Wildman–Crippen LogP) is 4.06. The van der Waals surface area contributed by atoms with Crippen LogP contribution in [0.15, 0.2) is 0 Å². The number of hydrogen-bond acceptors (Lipinski definition) is 1. The van der Waals surface area contributed by atoms with Crippen molar-refractivity contribution in [2.24, 2.45) is 0 Å². The molecule has 1 aliphatic rings. The van der Waals surface area contributed by atoms with Crippen molar-refractivity contribution in [1.82, 2.24) is 0 Å². The van der Waals surface area contributed by atoms with Gasteiger partial charge in [-0.2, -0.15) is 0 Å². The molecule has 0 aromatic heterocycles. The first-order chi connectivity index (χ1) is 6.33. The van der Waals surface area contributed by atoms with Gasteiger partial charge in [-0.3, -0.25) is 0 Å². The summed E-state index contributed by atoms with van der Waals surface area (Å²) in [6.45, 7) is 13.2. The molecule has 1 rings (SSSR count). The third kappa shape index (κ3) is 3.09. The average molecular weight is 214 g/mol. The fraction of sp³-hybridized carbons (Fsp3) is 1.00. The van der Waals surface area contributed by atoms with E-state index in [1.165, 1.54) is 25.3 Å². The van der Waals surface area contributed by atoms with Crippen LogP contribution < -0.4 is 0 Å². The Balaban J connectivity index is 2.49. The monoisotopic (exact) mass is 214 g/mol. The summed E-state index contributed by atoms with van der Waals surface area (Å²) in [6.07, 6.45) is 4.52. The molecule has 14 heavy (non-hydrogen) atoms. The summed E-state index contributed by atoms with van der Waals surface area (Å²) >= 11 is 0. The van der Waals surface area contributed by atoms with E-state index < -0.39 is 8.07 Å². The smallest absolute Gasteiger partial charge is 0.0553 e. The number of hydrogen-bond donors (Lipinski definition) is 0. The Labute approximate surface area is 90.2 Å². The molecule has 84 valence electrons. The van der Waals surface area contributed by atoms with E-state index >= 15 is 0 Å². The summed E-state index contributed by atoms with van der Waals surface area (Å²) in [6, 6.07) is 1.34. The van der Waals surface area contributed by atoms with Gasteiger partial charge in [0.25, 0.3) is 0 Å². The van der Waals surface area contributed by atoms with Crippen molar-refractivity contribution in [2.45, 2.75) is 70.3 Å². The summed E-state index contributed by atoms with van der Waals surface area (Å²) in [7, 11) is -1.12. The first kappa shape index (κ1) is 12.2. The largest absolute Gasteiger partial charge is 0.379 e. The molecule has 0 N–H and O–H groups in total. The minimum absolute atomic E-state index is 0.508. The van der Waals surface area contributed by atoms with Crippen LogP contribution in [0.25, 0.3) is 0 Å². The van der Waals surface area contributed by atoms with Crippen LogP contribution in [0.5, 0.6) is 0 Å². The molecule has 0 radical (unpaired) electrons. The summed E-state index contributed by atoms with van der Waals surface area (Å²) < 4.78 is 5.84. The van der Waals surface area contributed by atoms with Crippen LogP contribution in [0.3, 0.4) is 0 Å². The van der Waals surface area contributed by atoms with Crippen LogP contribution in [0, 0.1) is 0 Å². The summed E-state index contributed by atoms with van der Waals surface area (Å²) in [5, 5.41) is 0.508. The van der Waals surface area contributed by atoms with Gasteiger partial charge in [0.15, 0.2) is 0 Å². The van der Waals surface area contributed by atoms with Crippen molar-refractivity contribution in [2.75, 3.05) is 6.61 Å². The molecular weight excluding hydrogens is 188 g/mol. The molecule has 0 aliphatic carbocycles. The second kappa shape index (κ2) is 4.36. The zero-order valence-corrected chi connectivity index (χ0v) is 11.5. The van der Waals surface area contributed by atoms with E-state index in [1.807, 2.05) is 0 Å². The number of ether oxygens (including phenoxy) is 1. The molecule has 1 nitrogen and oxygen atoms in total. The molecule has 1 atom stereocenters. The molecule has 0 aromatic carbocycles. The van der Waals surface area contributed by atoms with E-state index in [9.17, 15) is 0 Å². The highest BCUT2D eigenvalue weighted by Gasteiger charge is 2.37. The van der Waals surface area contributed by atoms with Gasteiger partial charge in [0.05, 0.1) is 14.2 Å². The first-order valence-corrected chi connectivity index (χ1v) is 9.15. The molecule has 1 aliphatic heterocycles. The van der Waals surface area contributed by atoms with E-state index in [0.717, 1.165) is 6.61 Å². The lowest BCUT2D eigenvalue weighted by Crippen LogP contribution is -2.41. The van der Waals surface area contributed by atoms with Crippen LogP contribution in [0.4, 0.5) is 0 Å². The summed E-state index contributed by atoms with van der Waals surface area (Å²) in [5.41, 5.74) is 0. The van der Waals surface area contributed by atoms with Gasteiger partial charge in [0.2, 0.25) is 0 Å². The predicted molar refractivity (Wildman–Crippen MR) is 65.6 cm³/mol. The normalized spacial score (nSPS) is 25.1. The Hall–Kier alpha value is 0.177. The molecule has 1 fully saturated rings. The van der Waals surface area contributed by atoms with Gasteiger partial charge in [-0.1, -0.05) is 33.9 Å². The fourth-order valence-corrected chi connectivity index (χ4v) is 3.92. The maximum absolute atomic E-state index is 5.84. The molecule has 0 saturated carbocycles. The van der Waals surface area contributed by atoms with Crippen molar-refractivity contribution < 1.29 is 4.74 Å². The highest BCUT2D eigenvalue weighted by molar-refractivity contribution is 6.80. The standard InChI is InChI=1S/C12H26OSi/c1-12(2,3)14(4,5)10-11-8-6-7-9-13-11/h11H,6-10H2,1-5H3. The Morgan fingerprint density at radius 1 is 1.21 bits per heavy atom. The SMILES string of the molecule is CC(C)(C)[Si](C)(C)CC1CCCCO1. The van der Waals surface area contributed by atoms with Crippen molar-refractivity contribution in [3.05, 3.63) is 0 Å². The van der Waals surface area contributed by atoms with Gasteiger partial charge in [0.1, 0.15) is 0 Å².